The molecule has 0 saturated heterocycles. The molecule has 1 amide bonds. The first kappa shape index (κ1) is 21.9. The maximum absolute atomic E-state index is 13.6. The fraction of sp³-hybridized carbons (Fsp3) is 0.269. The molecule has 168 valence electrons. The highest BCUT2D eigenvalue weighted by Gasteiger charge is 2.29. The molecule has 0 spiro atoms. The second kappa shape index (κ2) is 9.53. The molecule has 0 radical (unpaired) electrons. The van der Waals surface area contributed by atoms with Gasteiger partial charge < -0.3 is 5.32 Å². The lowest BCUT2D eigenvalue weighted by Gasteiger charge is -2.14. The Balaban J connectivity index is 1.37. The number of amides is 1. The number of thiophene rings is 1. The van der Waals surface area contributed by atoms with E-state index in [1.54, 1.807) is 4.57 Å². The van der Waals surface area contributed by atoms with Gasteiger partial charge in [0.1, 0.15) is 4.83 Å². The number of rotatable bonds is 8. The summed E-state index contributed by atoms with van der Waals surface area (Å²) in [5, 5.41) is 6.38. The molecule has 1 N–H and O–H groups in total. The Bertz CT molecular complexity index is 1330. The van der Waals surface area contributed by atoms with Crippen LogP contribution in [0, 0.1) is 0 Å². The van der Waals surface area contributed by atoms with Crippen molar-refractivity contribution in [2.45, 2.75) is 36.8 Å². The van der Waals surface area contributed by atoms with Gasteiger partial charge in [-0.15, -0.1) is 11.3 Å². The van der Waals surface area contributed by atoms with E-state index < -0.39 is 0 Å². The van der Waals surface area contributed by atoms with Crippen LogP contribution < -0.4 is 10.9 Å². The molecule has 1 unspecified atom stereocenters. The van der Waals surface area contributed by atoms with Crippen molar-refractivity contribution in [1.82, 2.24) is 14.9 Å². The number of hydrogen-bond acceptors (Lipinski definition) is 5. The van der Waals surface area contributed by atoms with Gasteiger partial charge in [0.25, 0.3) is 5.56 Å². The molecule has 1 atom stereocenters. The Labute approximate surface area is 200 Å². The molecule has 2 aromatic carbocycles. The zero-order valence-corrected chi connectivity index (χ0v) is 20.0. The van der Waals surface area contributed by atoms with Gasteiger partial charge in [0.05, 0.1) is 16.8 Å². The number of nitrogens with zero attached hydrogens (tertiary/aromatic N) is 2. The largest absolute Gasteiger partial charge is 0.355 e. The van der Waals surface area contributed by atoms with Crippen molar-refractivity contribution in [3.8, 4) is 5.69 Å². The number of carbonyl (C=O) groups is 1. The molecule has 5 nitrogen and oxygen atoms in total. The predicted molar refractivity (Wildman–Crippen MR) is 136 cm³/mol. The van der Waals surface area contributed by atoms with Crippen LogP contribution in [0.5, 0.6) is 0 Å². The molecule has 0 bridgehead atoms. The van der Waals surface area contributed by atoms with Crippen LogP contribution in [0.3, 0.4) is 0 Å². The zero-order chi connectivity index (χ0) is 22.8. The Kier molecular flexibility index (Phi) is 6.33. The molecule has 2 heterocycles. The van der Waals surface area contributed by atoms with Crippen molar-refractivity contribution >= 4 is 39.2 Å². The number of fused-ring (bicyclic) bond motifs is 1. The quantitative estimate of drug-likeness (QED) is 0.276. The smallest absolute Gasteiger partial charge is 0.267 e. The summed E-state index contributed by atoms with van der Waals surface area (Å²) >= 11 is 2.83. The van der Waals surface area contributed by atoms with Crippen LogP contribution in [-0.4, -0.2) is 27.8 Å². The zero-order valence-electron chi connectivity index (χ0n) is 18.4. The Morgan fingerprint density at radius 2 is 1.85 bits per heavy atom. The average molecular weight is 476 g/mol. The maximum atomic E-state index is 13.6. The van der Waals surface area contributed by atoms with E-state index in [4.69, 9.17) is 4.98 Å². The third-order valence-corrected chi connectivity index (χ3v) is 7.77. The molecule has 1 fully saturated rings. The van der Waals surface area contributed by atoms with Crippen molar-refractivity contribution < 1.29 is 4.79 Å². The molecular formula is C26H25N3O2S2. The Hall–Kier alpha value is -2.90. The fourth-order valence-corrected chi connectivity index (χ4v) is 5.84. The molecule has 5 rings (SSSR count). The first-order chi connectivity index (χ1) is 16.1. The lowest BCUT2D eigenvalue weighted by molar-refractivity contribution is -0.118. The van der Waals surface area contributed by atoms with Crippen LogP contribution in [0.25, 0.3) is 15.9 Å². The van der Waals surface area contributed by atoms with Crippen LogP contribution in [0.4, 0.5) is 0 Å². The number of thioether (sulfide) groups is 1. The summed E-state index contributed by atoms with van der Waals surface area (Å²) in [5.74, 6) is 0.840. The van der Waals surface area contributed by atoms with Crippen LogP contribution in [0.2, 0.25) is 0 Å². The van der Waals surface area contributed by atoms with Crippen molar-refractivity contribution in [1.29, 1.82) is 0 Å². The highest BCUT2D eigenvalue weighted by Crippen LogP contribution is 2.44. The second-order valence-electron chi connectivity index (χ2n) is 8.42. The standard InChI is InChI=1S/C26H25N3O2S2/c1-17(18-8-4-2-5-9-18)14-27-22(30)16-33-26-28-24-23(21(15-32-24)19-12-13-19)25(31)29(26)20-10-6-3-7-11-20/h2-11,15,17,19H,12-14,16H2,1H3,(H,27,30). The first-order valence-electron chi connectivity index (χ1n) is 11.2. The van der Waals surface area contributed by atoms with Gasteiger partial charge in [0, 0.05) is 6.54 Å². The van der Waals surface area contributed by atoms with Crippen LogP contribution in [0.15, 0.2) is 76.0 Å². The monoisotopic (exact) mass is 475 g/mol. The minimum atomic E-state index is -0.0680. The average Bonchev–Trinajstić information content (AvgIpc) is 3.61. The summed E-state index contributed by atoms with van der Waals surface area (Å²) in [7, 11) is 0. The highest BCUT2D eigenvalue weighted by molar-refractivity contribution is 7.99. The summed E-state index contributed by atoms with van der Waals surface area (Å²) in [4.78, 5) is 31.8. The van der Waals surface area contributed by atoms with Gasteiger partial charge >= 0.3 is 0 Å². The molecule has 1 saturated carbocycles. The topological polar surface area (TPSA) is 64.0 Å². The van der Waals surface area contributed by atoms with Crippen molar-refractivity contribution in [3.63, 3.8) is 0 Å². The minimum Gasteiger partial charge on any atom is -0.355 e. The summed E-state index contributed by atoms with van der Waals surface area (Å²) in [6.45, 7) is 2.66. The molecule has 1 aliphatic rings. The van der Waals surface area contributed by atoms with Crippen LogP contribution >= 0.6 is 23.1 Å². The van der Waals surface area contributed by atoms with Gasteiger partial charge in [0.2, 0.25) is 5.91 Å². The van der Waals surface area contributed by atoms with E-state index in [-0.39, 0.29) is 23.1 Å². The normalized spacial score (nSPS) is 14.3. The third kappa shape index (κ3) is 4.75. The lowest BCUT2D eigenvalue weighted by atomic mass is 10.0. The van der Waals surface area contributed by atoms with Crippen LogP contribution in [0.1, 0.15) is 42.7 Å². The summed E-state index contributed by atoms with van der Waals surface area (Å²) in [6, 6.07) is 19.7. The van der Waals surface area contributed by atoms with Gasteiger partial charge in [-0.25, -0.2) is 4.98 Å². The Morgan fingerprint density at radius 3 is 2.55 bits per heavy atom. The number of para-hydroxylation sites is 1. The molecule has 4 aromatic rings. The highest BCUT2D eigenvalue weighted by atomic mass is 32.2. The molecular weight excluding hydrogens is 450 g/mol. The molecule has 7 heteroatoms. The first-order valence-corrected chi connectivity index (χ1v) is 13.0. The fourth-order valence-electron chi connectivity index (χ4n) is 3.94. The van der Waals surface area contributed by atoms with E-state index in [1.165, 1.54) is 28.7 Å². The van der Waals surface area contributed by atoms with Crippen LogP contribution in [-0.2, 0) is 4.79 Å². The molecule has 1 aliphatic carbocycles. The molecule has 0 aliphatic heterocycles. The Morgan fingerprint density at radius 1 is 1.15 bits per heavy atom. The van der Waals surface area contributed by atoms with Crippen molar-refractivity contribution in [2.75, 3.05) is 12.3 Å². The van der Waals surface area contributed by atoms with E-state index in [0.717, 1.165) is 34.3 Å². The SMILES string of the molecule is CC(CNC(=O)CSc1nc2scc(C3CC3)c2c(=O)n1-c1ccccc1)c1ccccc1. The number of nitrogens with one attached hydrogen (secondary N) is 1. The number of aromatic nitrogens is 2. The summed E-state index contributed by atoms with van der Waals surface area (Å²) in [6.07, 6.45) is 2.27. The van der Waals surface area contributed by atoms with Crippen molar-refractivity contribution in [3.05, 3.63) is 87.5 Å². The number of benzene rings is 2. The molecule has 2 aromatic heterocycles. The van der Waals surface area contributed by atoms with E-state index in [0.29, 0.717) is 17.6 Å². The van der Waals surface area contributed by atoms with E-state index >= 15 is 0 Å². The van der Waals surface area contributed by atoms with Gasteiger partial charge in [-0.1, -0.05) is 67.2 Å². The number of carbonyl (C=O) groups excluding carboxylic acids is 1. The van der Waals surface area contributed by atoms with Crippen molar-refractivity contribution in [2.24, 2.45) is 0 Å². The third-order valence-electron chi connectivity index (χ3n) is 5.94. The van der Waals surface area contributed by atoms with Gasteiger partial charge in [-0.3, -0.25) is 14.2 Å². The predicted octanol–water partition coefficient (Wildman–Crippen LogP) is 5.34. The van der Waals surface area contributed by atoms with Gasteiger partial charge in [-0.05, 0) is 53.3 Å². The van der Waals surface area contributed by atoms with E-state index in [2.05, 4.69) is 29.8 Å². The van der Waals surface area contributed by atoms with E-state index in [9.17, 15) is 9.59 Å². The van der Waals surface area contributed by atoms with E-state index in [1.807, 2.05) is 48.5 Å². The molecule has 33 heavy (non-hydrogen) atoms. The minimum absolute atomic E-state index is 0.0463. The van der Waals surface area contributed by atoms with Gasteiger partial charge in [0.15, 0.2) is 5.16 Å². The van der Waals surface area contributed by atoms with Gasteiger partial charge in [-0.2, -0.15) is 0 Å². The second-order valence-corrected chi connectivity index (χ2v) is 10.2. The summed E-state index contributed by atoms with van der Waals surface area (Å²) in [5.41, 5.74) is 3.04. The number of hydrogen-bond donors (Lipinski definition) is 1. The lowest BCUT2D eigenvalue weighted by Crippen LogP contribution is -2.29. The summed E-state index contributed by atoms with van der Waals surface area (Å²) < 4.78 is 1.66. The maximum Gasteiger partial charge on any atom is 0.267 e.